The fourth-order valence-corrected chi connectivity index (χ4v) is 3.76. The largest absolute Gasteiger partial charge is 0.361 e. The molecule has 1 aliphatic carbocycles. The van der Waals surface area contributed by atoms with Gasteiger partial charge in [0.15, 0.2) is 0 Å². The fourth-order valence-electron chi connectivity index (χ4n) is 3.76. The molecule has 0 bridgehead atoms. The van der Waals surface area contributed by atoms with Crippen LogP contribution in [0.5, 0.6) is 0 Å². The highest BCUT2D eigenvalue weighted by Crippen LogP contribution is 2.27. The Balaban J connectivity index is 1.54. The summed E-state index contributed by atoms with van der Waals surface area (Å²) < 4.78 is 0. The normalized spacial score (nSPS) is 23.1. The van der Waals surface area contributed by atoms with Gasteiger partial charge in [-0.1, -0.05) is 25.3 Å². The Bertz CT molecular complexity index is 746. The first-order chi connectivity index (χ1) is 11.2. The number of fused-ring (bicyclic) bond motifs is 1. The zero-order chi connectivity index (χ0) is 15.8. The van der Waals surface area contributed by atoms with Gasteiger partial charge in [0.1, 0.15) is 0 Å². The molecule has 1 aromatic heterocycles. The molecule has 1 atom stereocenters. The van der Waals surface area contributed by atoms with Crippen molar-refractivity contribution in [2.75, 3.05) is 4.90 Å². The van der Waals surface area contributed by atoms with Crippen LogP contribution < -0.4 is 10.2 Å². The lowest BCUT2D eigenvalue weighted by molar-refractivity contribution is -0.121. The van der Waals surface area contributed by atoms with Crippen molar-refractivity contribution in [1.29, 1.82) is 0 Å². The van der Waals surface area contributed by atoms with E-state index in [1.54, 1.807) is 0 Å². The quantitative estimate of drug-likeness (QED) is 0.857. The van der Waals surface area contributed by atoms with Gasteiger partial charge in [-0.25, -0.2) is 4.90 Å². The van der Waals surface area contributed by atoms with E-state index in [0.717, 1.165) is 23.7 Å². The number of aromatic nitrogens is 1. The summed E-state index contributed by atoms with van der Waals surface area (Å²) in [4.78, 5) is 29.5. The Morgan fingerprint density at radius 3 is 2.74 bits per heavy atom. The molecule has 120 valence electrons. The molecule has 2 heterocycles. The Kier molecular flexibility index (Phi) is 3.65. The third-order valence-corrected chi connectivity index (χ3v) is 4.99. The van der Waals surface area contributed by atoms with Crippen LogP contribution in [0.3, 0.4) is 0 Å². The molecular formula is C18H21N3O2. The van der Waals surface area contributed by atoms with Crippen LogP contribution >= 0.6 is 0 Å². The maximum atomic E-state index is 12.7. The number of amides is 2. The number of hydrogen-bond donors (Lipinski definition) is 2. The van der Waals surface area contributed by atoms with E-state index in [9.17, 15) is 9.59 Å². The molecule has 1 saturated heterocycles. The number of anilines is 1. The third kappa shape index (κ3) is 2.65. The topological polar surface area (TPSA) is 65.2 Å². The van der Waals surface area contributed by atoms with Gasteiger partial charge in [-0.05, 0) is 36.4 Å². The van der Waals surface area contributed by atoms with Gasteiger partial charge in [0, 0.05) is 17.8 Å². The average molecular weight is 311 g/mol. The zero-order valence-electron chi connectivity index (χ0n) is 13.0. The summed E-state index contributed by atoms with van der Waals surface area (Å²) in [5.74, 6) is -0.235. The number of carbonyl (C=O) groups excluding carboxylic acids is 2. The minimum Gasteiger partial charge on any atom is -0.361 e. The Labute approximate surface area is 135 Å². The summed E-state index contributed by atoms with van der Waals surface area (Å²) in [6, 6.07) is 7.62. The molecule has 5 nitrogen and oxygen atoms in total. The fraction of sp³-hybridized carbons (Fsp3) is 0.444. The van der Waals surface area contributed by atoms with Crippen molar-refractivity contribution >= 4 is 28.4 Å². The van der Waals surface area contributed by atoms with E-state index in [4.69, 9.17) is 0 Å². The first kappa shape index (κ1) is 14.5. The highest BCUT2D eigenvalue weighted by Gasteiger charge is 2.40. The predicted molar refractivity (Wildman–Crippen MR) is 89.2 cm³/mol. The molecule has 0 spiro atoms. The minimum absolute atomic E-state index is 0.116. The number of H-pyrrole nitrogens is 1. The van der Waals surface area contributed by atoms with Crippen molar-refractivity contribution in [3.63, 3.8) is 0 Å². The maximum Gasteiger partial charge on any atom is 0.251 e. The lowest BCUT2D eigenvalue weighted by Gasteiger charge is -2.25. The molecule has 2 amide bonds. The van der Waals surface area contributed by atoms with Crippen molar-refractivity contribution in [1.82, 2.24) is 10.3 Å². The van der Waals surface area contributed by atoms with Gasteiger partial charge in [0.05, 0.1) is 18.2 Å². The van der Waals surface area contributed by atoms with Crippen molar-refractivity contribution < 1.29 is 9.59 Å². The molecule has 2 aliphatic rings. The number of imide groups is 1. The van der Waals surface area contributed by atoms with E-state index in [1.807, 2.05) is 30.5 Å². The van der Waals surface area contributed by atoms with E-state index in [1.165, 1.54) is 24.2 Å². The van der Waals surface area contributed by atoms with Crippen LogP contribution in [0.4, 0.5) is 5.69 Å². The molecule has 2 aromatic rings. The third-order valence-electron chi connectivity index (χ3n) is 4.99. The summed E-state index contributed by atoms with van der Waals surface area (Å²) in [7, 11) is 0. The molecule has 1 aromatic carbocycles. The van der Waals surface area contributed by atoms with Gasteiger partial charge < -0.3 is 10.3 Å². The first-order valence-electron chi connectivity index (χ1n) is 8.42. The number of nitrogens with one attached hydrogen (secondary N) is 2. The van der Waals surface area contributed by atoms with Crippen molar-refractivity contribution in [2.24, 2.45) is 0 Å². The number of benzene rings is 1. The number of hydrogen-bond acceptors (Lipinski definition) is 3. The molecule has 5 heteroatoms. The van der Waals surface area contributed by atoms with Crippen LogP contribution in [0.15, 0.2) is 30.5 Å². The van der Waals surface area contributed by atoms with Crippen LogP contribution in [0.25, 0.3) is 10.9 Å². The van der Waals surface area contributed by atoms with Gasteiger partial charge >= 0.3 is 0 Å². The van der Waals surface area contributed by atoms with Crippen molar-refractivity contribution in [3.05, 3.63) is 30.5 Å². The molecule has 2 N–H and O–H groups in total. The molecule has 0 radical (unpaired) electrons. The van der Waals surface area contributed by atoms with Crippen LogP contribution in [0, 0.1) is 0 Å². The van der Waals surface area contributed by atoms with E-state index in [-0.39, 0.29) is 24.3 Å². The van der Waals surface area contributed by atoms with Gasteiger partial charge in [-0.3, -0.25) is 9.59 Å². The highest BCUT2D eigenvalue weighted by atomic mass is 16.2. The monoisotopic (exact) mass is 311 g/mol. The molecule has 1 aliphatic heterocycles. The van der Waals surface area contributed by atoms with Gasteiger partial charge in [0.25, 0.3) is 5.91 Å². The summed E-state index contributed by atoms with van der Waals surface area (Å²) in [5.41, 5.74) is 1.59. The Morgan fingerprint density at radius 1 is 1.09 bits per heavy atom. The van der Waals surface area contributed by atoms with Crippen LogP contribution in [0.2, 0.25) is 0 Å². The maximum absolute atomic E-state index is 12.7. The van der Waals surface area contributed by atoms with Crippen LogP contribution in [-0.4, -0.2) is 28.9 Å². The van der Waals surface area contributed by atoms with Crippen molar-refractivity contribution in [2.45, 2.75) is 50.6 Å². The van der Waals surface area contributed by atoms with E-state index < -0.39 is 0 Å². The first-order valence-corrected chi connectivity index (χ1v) is 8.42. The predicted octanol–water partition coefficient (Wildman–Crippen LogP) is 2.72. The van der Waals surface area contributed by atoms with Crippen LogP contribution in [-0.2, 0) is 9.59 Å². The second-order valence-electron chi connectivity index (χ2n) is 6.57. The summed E-state index contributed by atoms with van der Waals surface area (Å²) in [6.07, 6.45) is 8.02. The number of rotatable bonds is 3. The summed E-state index contributed by atoms with van der Waals surface area (Å²) in [5, 5.41) is 4.48. The van der Waals surface area contributed by atoms with E-state index >= 15 is 0 Å². The molecular weight excluding hydrogens is 290 g/mol. The smallest absolute Gasteiger partial charge is 0.251 e. The lowest BCUT2D eigenvalue weighted by Crippen LogP contribution is -2.44. The Morgan fingerprint density at radius 2 is 1.91 bits per heavy atom. The average Bonchev–Trinajstić information content (AvgIpc) is 3.13. The molecule has 1 unspecified atom stereocenters. The highest BCUT2D eigenvalue weighted by molar-refractivity contribution is 6.22. The summed E-state index contributed by atoms with van der Waals surface area (Å²) >= 11 is 0. The standard InChI is InChI=1S/C18H21N3O2/c22-17-11-16(20-13-4-2-1-3-5-13)18(23)21(17)14-7-6-12-8-9-19-15(12)10-14/h6-10,13,16,19-20H,1-5,11H2. The molecule has 4 rings (SSSR count). The van der Waals surface area contributed by atoms with Gasteiger partial charge in [0.2, 0.25) is 5.91 Å². The second-order valence-corrected chi connectivity index (χ2v) is 6.57. The van der Waals surface area contributed by atoms with E-state index in [0.29, 0.717) is 11.7 Å². The summed E-state index contributed by atoms with van der Waals surface area (Å²) in [6.45, 7) is 0. The number of nitrogens with zero attached hydrogens (tertiary/aromatic N) is 1. The SMILES string of the molecule is O=C1CC(NC2CCCCC2)C(=O)N1c1ccc2cc[nH]c2c1. The second kappa shape index (κ2) is 5.81. The van der Waals surface area contributed by atoms with Crippen molar-refractivity contribution in [3.8, 4) is 0 Å². The minimum atomic E-state index is -0.370. The lowest BCUT2D eigenvalue weighted by atomic mass is 9.95. The van der Waals surface area contributed by atoms with Crippen LogP contribution in [0.1, 0.15) is 38.5 Å². The molecule has 1 saturated carbocycles. The van der Waals surface area contributed by atoms with Gasteiger partial charge in [-0.2, -0.15) is 0 Å². The molecule has 2 fully saturated rings. The van der Waals surface area contributed by atoms with Gasteiger partial charge in [-0.15, -0.1) is 0 Å². The van der Waals surface area contributed by atoms with E-state index in [2.05, 4.69) is 10.3 Å². The number of aromatic amines is 1. The Hall–Kier alpha value is -2.14. The number of carbonyl (C=O) groups is 2. The molecule has 23 heavy (non-hydrogen) atoms. The zero-order valence-corrected chi connectivity index (χ0v) is 13.0.